The Balaban J connectivity index is 0.00000176. The van der Waals surface area contributed by atoms with Gasteiger partial charge in [0.05, 0.1) is 5.54 Å². The van der Waals surface area contributed by atoms with Crippen LogP contribution in [-0.2, 0) is 5.54 Å². The van der Waals surface area contributed by atoms with Crippen LogP contribution in [0.25, 0.3) is 11.6 Å². The van der Waals surface area contributed by atoms with Crippen LogP contribution < -0.4 is 5.73 Å². The van der Waals surface area contributed by atoms with Gasteiger partial charge in [-0.05, 0) is 37.0 Å². The number of hydrogen-bond donors (Lipinski definition) is 1. The van der Waals surface area contributed by atoms with Crippen LogP contribution in [0.3, 0.4) is 0 Å². The smallest absolute Gasteiger partial charge is 0.250 e. The number of hydrogen-bond acceptors (Lipinski definition) is 4. The first-order valence-corrected chi connectivity index (χ1v) is 7.52. The largest absolute Gasteiger partial charge is 0.335 e. The third-order valence-corrected chi connectivity index (χ3v) is 4.35. The summed E-state index contributed by atoms with van der Waals surface area (Å²) in [5.74, 6) is 1.08. The van der Waals surface area contributed by atoms with Crippen LogP contribution in [0.4, 0.5) is 0 Å². The van der Waals surface area contributed by atoms with E-state index in [0.29, 0.717) is 16.7 Å². The van der Waals surface area contributed by atoms with Crippen molar-refractivity contribution in [3.8, 4) is 0 Å². The van der Waals surface area contributed by atoms with E-state index in [1.54, 1.807) is 0 Å². The maximum atomic E-state index is 6.33. The Morgan fingerprint density at radius 1 is 1.32 bits per heavy atom. The van der Waals surface area contributed by atoms with Gasteiger partial charge in [0.15, 0.2) is 5.82 Å². The van der Waals surface area contributed by atoms with Crippen LogP contribution in [0.15, 0.2) is 28.8 Å². The van der Waals surface area contributed by atoms with Gasteiger partial charge in [-0.2, -0.15) is 4.98 Å². The fraction of sp³-hybridized carbons (Fsp3) is 0.375. The maximum absolute atomic E-state index is 6.33. The Kier molecular flexibility index (Phi) is 5.27. The third kappa shape index (κ3) is 3.35. The van der Waals surface area contributed by atoms with Crippen LogP contribution in [0.5, 0.6) is 0 Å². The zero-order valence-corrected chi connectivity index (χ0v) is 14.0. The van der Waals surface area contributed by atoms with E-state index in [4.69, 9.17) is 21.9 Å². The fourth-order valence-corrected chi connectivity index (χ4v) is 3.05. The summed E-state index contributed by atoms with van der Waals surface area (Å²) in [6.45, 7) is 1.97. The fourth-order valence-electron chi connectivity index (χ4n) is 2.77. The Labute approximate surface area is 141 Å². The van der Waals surface area contributed by atoms with E-state index < -0.39 is 5.54 Å². The number of nitrogens with zero attached hydrogens (tertiary/aromatic N) is 2. The predicted octanol–water partition coefficient (Wildman–Crippen LogP) is 4.43. The van der Waals surface area contributed by atoms with E-state index in [1.807, 2.05) is 37.3 Å². The van der Waals surface area contributed by atoms with Crippen molar-refractivity contribution in [2.75, 3.05) is 0 Å². The molecule has 6 heteroatoms. The first kappa shape index (κ1) is 17.0. The lowest BCUT2D eigenvalue weighted by Gasteiger charge is -2.17. The van der Waals surface area contributed by atoms with Crippen LogP contribution in [-0.4, -0.2) is 10.1 Å². The molecule has 1 saturated carbocycles. The highest BCUT2D eigenvalue weighted by atomic mass is 35.5. The van der Waals surface area contributed by atoms with Gasteiger partial charge < -0.3 is 10.3 Å². The first-order chi connectivity index (χ1) is 10.1. The highest BCUT2D eigenvalue weighted by molar-refractivity contribution is 6.32. The molecule has 0 radical (unpaired) electrons. The van der Waals surface area contributed by atoms with Gasteiger partial charge in [-0.3, -0.25) is 0 Å². The molecule has 0 amide bonds. The summed E-state index contributed by atoms with van der Waals surface area (Å²) in [4.78, 5) is 4.44. The molecule has 2 aromatic rings. The average molecular weight is 340 g/mol. The van der Waals surface area contributed by atoms with E-state index in [0.717, 1.165) is 36.8 Å². The highest BCUT2D eigenvalue weighted by Crippen LogP contribution is 2.34. The molecule has 1 heterocycles. The van der Waals surface area contributed by atoms with Crippen LogP contribution in [0.2, 0.25) is 5.02 Å². The molecule has 2 N–H and O–H groups in total. The monoisotopic (exact) mass is 339 g/mol. The molecule has 1 aromatic carbocycles. The predicted molar refractivity (Wildman–Crippen MR) is 90.9 cm³/mol. The van der Waals surface area contributed by atoms with E-state index in [1.165, 1.54) is 0 Å². The van der Waals surface area contributed by atoms with Crippen molar-refractivity contribution in [2.24, 2.45) is 5.73 Å². The van der Waals surface area contributed by atoms with Crippen LogP contribution >= 0.6 is 24.0 Å². The minimum atomic E-state index is -0.423. The first-order valence-electron chi connectivity index (χ1n) is 7.15. The number of halogens is 2. The van der Waals surface area contributed by atoms with Crippen molar-refractivity contribution in [1.82, 2.24) is 10.1 Å². The summed E-state index contributed by atoms with van der Waals surface area (Å²) in [6.07, 6.45) is 5.91. The van der Waals surface area contributed by atoms with Crippen molar-refractivity contribution in [3.05, 3.63) is 46.6 Å². The number of nitrogens with two attached hydrogens (primary N) is 1. The van der Waals surface area contributed by atoms with Gasteiger partial charge in [-0.15, -0.1) is 12.4 Å². The molecular formula is C16H19Cl2N3O. The third-order valence-electron chi connectivity index (χ3n) is 4.02. The second-order valence-electron chi connectivity index (χ2n) is 5.63. The quantitative estimate of drug-likeness (QED) is 0.897. The van der Waals surface area contributed by atoms with Gasteiger partial charge >= 0.3 is 0 Å². The summed E-state index contributed by atoms with van der Waals surface area (Å²) in [6, 6.07) is 7.68. The van der Waals surface area contributed by atoms with Gasteiger partial charge in [0.25, 0.3) is 5.89 Å². The molecule has 4 nitrogen and oxygen atoms in total. The van der Waals surface area contributed by atoms with E-state index in [9.17, 15) is 0 Å². The van der Waals surface area contributed by atoms with Crippen molar-refractivity contribution < 1.29 is 4.52 Å². The lowest BCUT2D eigenvalue weighted by atomic mass is 9.99. The normalized spacial score (nSPS) is 17.3. The summed E-state index contributed by atoms with van der Waals surface area (Å²) in [5, 5.41) is 4.76. The molecule has 118 valence electrons. The minimum Gasteiger partial charge on any atom is -0.335 e. The lowest BCUT2D eigenvalue weighted by Crippen LogP contribution is -2.34. The van der Waals surface area contributed by atoms with Gasteiger partial charge in [0.2, 0.25) is 0 Å². The number of rotatable bonds is 3. The molecule has 3 rings (SSSR count). The van der Waals surface area contributed by atoms with Crippen molar-refractivity contribution in [1.29, 1.82) is 0 Å². The number of benzene rings is 1. The summed E-state index contributed by atoms with van der Waals surface area (Å²) >= 11 is 6.19. The molecule has 0 bridgehead atoms. The van der Waals surface area contributed by atoms with Gasteiger partial charge in [0, 0.05) is 11.1 Å². The molecular weight excluding hydrogens is 321 g/mol. The standard InChI is InChI=1S/C16H18ClN3O.ClH/c1-11(12-6-2-3-7-13(12)17)10-14-19-15(20-21-14)16(18)8-4-5-9-16;/h2-3,6-7,10H,4-5,8-9,18H2,1H3;1H/b11-10-;. The lowest BCUT2D eigenvalue weighted by molar-refractivity contribution is 0.364. The zero-order chi connectivity index (χ0) is 14.9. The van der Waals surface area contributed by atoms with E-state index in [2.05, 4.69) is 10.1 Å². The topological polar surface area (TPSA) is 64.9 Å². The molecule has 1 aliphatic carbocycles. The molecule has 0 spiro atoms. The van der Waals surface area contributed by atoms with Crippen LogP contribution in [0.1, 0.15) is 49.9 Å². The van der Waals surface area contributed by atoms with E-state index >= 15 is 0 Å². The Hall–Kier alpha value is -1.36. The summed E-state index contributed by atoms with van der Waals surface area (Å²) in [7, 11) is 0. The Morgan fingerprint density at radius 3 is 2.68 bits per heavy atom. The SMILES string of the molecule is C/C(=C/c1nc(C2(N)CCCC2)no1)c1ccccc1Cl.Cl. The summed E-state index contributed by atoms with van der Waals surface area (Å²) < 4.78 is 5.31. The highest BCUT2D eigenvalue weighted by Gasteiger charge is 2.35. The molecule has 0 saturated heterocycles. The second kappa shape index (κ2) is 6.82. The zero-order valence-electron chi connectivity index (χ0n) is 12.4. The van der Waals surface area contributed by atoms with Crippen LogP contribution in [0, 0.1) is 0 Å². The Bertz CT molecular complexity index is 676. The van der Waals surface area contributed by atoms with Crippen molar-refractivity contribution in [2.45, 2.75) is 38.1 Å². The number of aromatic nitrogens is 2. The minimum absolute atomic E-state index is 0. The van der Waals surface area contributed by atoms with Crippen molar-refractivity contribution in [3.63, 3.8) is 0 Å². The molecule has 0 atom stereocenters. The Morgan fingerprint density at radius 2 is 2.00 bits per heavy atom. The average Bonchev–Trinajstić information content (AvgIpc) is 3.09. The molecule has 0 unspecified atom stereocenters. The van der Waals surface area contributed by atoms with Gasteiger partial charge in [0.1, 0.15) is 0 Å². The molecule has 22 heavy (non-hydrogen) atoms. The molecule has 0 aliphatic heterocycles. The number of allylic oxidation sites excluding steroid dienone is 1. The molecule has 1 aliphatic rings. The molecule has 1 fully saturated rings. The second-order valence-corrected chi connectivity index (χ2v) is 6.03. The molecule has 1 aromatic heterocycles. The van der Waals surface area contributed by atoms with Gasteiger partial charge in [-0.25, -0.2) is 0 Å². The van der Waals surface area contributed by atoms with Gasteiger partial charge in [-0.1, -0.05) is 47.8 Å². The van der Waals surface area contributed by atoms with E-state index in [-0.39, 0.29) is 12.4 Å². The maximum Gasteiger partial charge on any atom is 0.250 e. The van der Waals surface area contributed by atoms with Crippen molar-refractivity contribution >= 4 is 35.7 Å². The summed E-state index contributed by atoms with van der Waals surface area (Å²) in [5.41, 5.74) is 7.85.